The summed E-state index contributed by atoms with van der Waals surface area (Å²) in [7, 11) is -2.46. The molecule has 7 heteroatoms. The maximum atomic E-state index is 10.4. The largest absolute Gasteiger partial charge is 0.491 e. The summed E-state index contributed by atoms with van der Waals surface area (Å²) < 4.78 is 10.9. The first-order valence-electron chi connectivity index (χ1n) is 12.4. The number of hydrogen-bond donors (Lipinski definition) is 3. The lowest BCUT2D eigenvalue weighted by Gasteiger charge is -2.20. The molecule has 1 saturated heterocycles. The third-order valence-corrected chi connectivity index (χ3v) is 6.73. The quantitative estimate of drug-likeness (QED) is 0.236. The van der Waals surface area contributed by atoms with Crippen LogP contribution in [0.25, 0.3) is 11.1 Å². The standard InChI is InChI=1S/C29H34NO5P/c1-2-28(22-8-4-3-5-9-22)29(24-12-16-27(17-13-24)35-36(32)33)23-10-14-26(15-11-23)34-21-25(31)20-30-18-6-7-19-30/h3-5,8-17,25,31-33H,2,6-7,18-21H2,1H3/b29-28+. The first kappa shape index (κ1) is 26.3. The summed E-state index contributed by atoms with van der Waals surface area (Å²) in [5.41, 5.74) is 5.48. The Kier molecular flexibility index (Phi) is 9.51. The van der Waals surface area contributed by atoms with E-state index in [9.17, 15) is 14.9 Å². The normalized spacial score (nSPS) is 15.6. The molecule has 1 aliphatic rings. The van der Waals surface area contributed by atoms with Crippen LogP contribution in [-0.2, 0) is 0 Å². The van der Waals surface area contributed by atoms with Crippen molar-refractivity contribution in [3.8, 4) is 11.5 Å². The average molecular weight is 508 g/mol. The highest BCUT2D eigenvalue weighted by Gasteiger charge is 2.17. The summed E-state index contributed by atoms with van der Waals surface area (Å²) in [5, 5.41) is 10.4. The fourth-order valence-corrected chi connectivity index (χ4v) is 4.99. The van der Waals surface area contributed by atoms with E-state index in [0.717, 1.165) is 47.5 Å². The van der Waals surface area contributed by atoms with E-state index >= 15 is 0 Å². The molecule has 0 amide bonds. The highest BCUT2D eigenvalue weighted by Crippen LogP contribution is 2.36. The number of ether oxygens (including phenoxy) is 1. The van der Waals surface area contributed by atoms with Crippen molar-refractivity contribution in [2.75, 3.05) is 26.2 Å². The van der Waals surface area contributed by atoms with Crippen LogP contribution in [0.15, 0.2) is 78.9 Å². The fourth-order valence-electron chi connectivity index (χ4n) is 4.68. The average Bonchev–Trinajstić information content (AvgIpc) is 3.40. The number of rotatable bonds is 11. The fraction of sp³-hybridized carbons (Fsp3) is 0.310. The van der Waals surface area contributed by atoms with Gasteiger partial charge in [0.05, 0.1) is 0 Å². The van der Waals surface area contributed by atoms with Crippen molar-refractivity contribution in [3.05, 3.63) is 95.6 Å². The van der Waals surface area contributed by atoms with E-state index in [4.69, 9.17) is 9.26 Å². The Morgan fingerprint density at radius 3 is 1.97 bits per heavy atom. The van der Waals surface area contributed by atoms with Crippen LogP contribution in [0.1, 0.15) is 42.9 Å². The van der Waals surface area contributed by atoms with E-state index in [1.54, 1.807) is 12.1 Å². The minimum Gasteiger partial charge on any atom is -0.491 e. The van der Waals surface area contributed by atoms with Gasteiger partial charge in [-0.15, -0.1) is 0 Å². The molecule has 1 aliphatic heterocycles. The first-order chi connectivity index (χ1) is 17.5. The van der Waals surface area contributed by atoms with Crippen molar-refractivity contribution >= 4 is 19.7 Å². The molecule has 1 atom stereocenters. The van der Waals surface area contributed by atoms with E-state index in [1.165, 1.54) is 18.4 Å². The van der Waals surface area contributed by atoms with E-state index < -0.39 is 14.7 Å². The van der Waals surface area contributed by atoms with Crippen LogP contribution in [0, 0.1) is 0 Å². The summed E-state index contributed by atoms with van der Waals surface area (Å²) in [6.45, 7) is 5.16. The maximum absolute atomic E-state index is 10.4. The van der Waals surface area contributed by atoms with Crippen LogP contribution in [0.5, 0.6) is 11.5 Å². The van der Waals surface area contributed by atoms with Crippen LogP contribution in [0.3, 0.4) is 0 Å². The zero-order chi connectivity index (χ0) is 25.3. The molecular formula is C29H34NO5P. The highest BCUT2D eigenvalue weighted by molar-refractivity contribution is 7.39. The molecule has 3 N–H and O–H groups in total. The predicted octanol–water partition coefficient (Wildman–Crippen LogP) is 5.48. The van der Waals surface area contributed by atoms with Crippen LogP contribution in [0.2, 0.25) is 0 Å². The van der Waals surface area contributed by atoms with Gasteiger partial charge in [0, 0.05) is 6.54 Å². The summed E-state index contributed by atoms with van der Waals surface area (Å²) in [6, 6.07) is 25.6. The van der Waals surface area contributed by atoms with Gasteiger partial charge in [-0.2, -0.15) is 0 Å². The van der Waals surface area contributed by atoms with Gasteiger partial charge in [0.2, 0.25) is 0 Å². The zero-order valence-electron chi connectivity index (χ0n) is 20.6. The number of β-amino-alcohol motifs (C(OH)–C–C–N with tert-alkyl or cyclic N) is 1. The second kappa shape index (κ2) is 13.0. The van der Waals surface area contributed by atoms with Gasteiger partial charge in [-0.05, 0) is 84.5 Å². The molecule has 1 unspecified atom stereocenters. The number of benzene rings is 3. The van der Waals surface area contributed by atoms with Crippen molar-refractivity contribution in [2.24, 2.45) is 0 Å². The van der Waals surface area contributed by atoms with Gasteiger partial charge in [0.1, 0.15) is 24.2 Å². The molecule has 3 aromatic rings. The molecule has 4 rings (SSSR count). The van der Waals surface area contributed by atoms with E-state index in [2.05, 4.69) is 24.0 Å². The van der Waals surface area contributed by atoms with Crippen molar-refractivity contribution in [3.63, 3.8) is 0 Å². The molecule has 0 bridgehead atoms. The number of nitrogens with zero attached hydrogens (tertiary/aromatic N) is 1. The second-order valence-corrected chi connectivity index (χ2v) is 9.63. The predicted molar refractivity (Wildman–Crippen MR) is 145 cm³/mol. The van der Waals surface area contributed by atoms with Gasteiger partial charge in [-0.25, -0.2) is 0 Å². The summed E-state index contributed by atoms with van der Waals surface area (Å²) in [6.07, 6.45) is 2.72. The molecule has 1 heterocycles. The molecule has 0 aromatic heterocycles. The van der Waals surface area contributed by atoms with Gasteiger partial charge in [-0.3, -0.25) is 0 Å². The summed E-state index contributed by atoms with van der Waals surface area (Å²) >= 11 is 0. The third kappa shape index (κ3) is 7.16. The van der Waals surface area contributed by atoms with Gasteiger partial charge >= 0.3 is 8.60 Å². The molecule has 0 spiro atoms. The Labute approximate surface area is 214 Å². The zero-order valence-corrected chi connectivity index (χ0v) is 21.5. The number of likely N-dealkylation sites (tertiary alicyclic amines) is 1. The van der Waals surface area contributed by atoms with E-state index in [0.29, 0.717) is 12.3 Å². The Balaban J connectivity index is 1.58. The molecule has 0 saturated carbocycles. The number of hydrogen-bond acceptors (Lipinski definition) is 6. The smallest absolute Gasteiger partial charge is 0.391 e. The lowest BCUT2D eigenvalue weighted by Crippen LogP contribution is -2.33. The topological polar surface area (TPSA) is 82.4 Å². The molecule has 3 aromatic carbocycles. The number of allylic oxidation sites excluding steroid dienone is 1. The Morgan fingerprint density at radius 2 is 1.42 bits per heavy atom. The molecular weight excluding hydrogens is 473 g/mol. The van der Waals surface area contributed by atoms with Crippen LogP contribution < -0.4 is 9.26 Å². The van der Waals surface area contributed by atoms with E-state index in [-0.39, 0.29) is 6.61 Å². The lowest BCUT2D eigenvalue weighted by molar-refractivity contribution is 0.0758. The molecule has 36 heavy (non-hydrogen) atoms. The Hall–Kier alpha value is -2.73. The number of aliphatic hydroxyl groups excluding tert-OH is 1. The molecule has 6 nitrogen and oxygen atoms in total. The van der Waals surface area contributed by atoms with Gasteiger partial charge in [0.15, 0.2) is 0 Å². The minimum atomic E-state index is -2.46. The van der Waals surface area contributed by atoms with Crippen LogP contribution in [-0.4, -0.2) is 52.1 Å². The van der Waals surface area contributed by atoms with Crippen molar-refractivity contribution in [1.29, 1.82) is 0 Å². The first-order valence-corrected chi connectivity index (χ1v) is 13.6. The molecule has 1 fully saturated rings. The Morgan fingerprint density at radius 1 is 0.833 bits per heavy atom. The SMILES string of the molecule is CC/C(=C(/c1ccc(OCC(O)CN2CCCC2)cc1)c1ccc(OP(O)O)cc1)c1ccccc1. The lowest BCUT2D eigenvalue weighted by atomic mass is 9.88. The van der Waals surface area contributed by atoms with Crippen molar-refractivity contribution < 1.29 is 24.2 Å². The highest BCUT2D eigenvalue weighted by atomic mass is 31.2. The molecule has 190 valence electrons. The third-order valence-electron chi connectivity index (χ3n) is 6.36. The van der Waals surface area contributed by atoms with Crippen LogP contribution in [0.4, 0.5) is 0 Å². The monoisotopic (exact) mass is 507 g/mol. The van der Waals surface area contributed by atoms with Gasteiger partial charge in [0.25, 0.3) is 0 Å². The van der Waals surface area contributed by atoms with Gasteiger partial charge < -0.3 is 29.1 Å². The number of aliphatic hydroxyl groups is 1. The van der Waals surface area contributed by atoms with Crippen molar-refractivity contribution in [1.82, 2.24) is 4.90 Å². The molecule has 0 aliphatic carbocycles. The maximum Gasteiger partial charge on any atom is 0.391 e. The van der Waals surface area contributed by atoms with Crippen molar-refractivity contribution in [2.45, 2.75) is 32.3 Å². The van der Waals surface area contributed by atoms with E-state index in [1.807, 2.05) is 54.6 Å². The Bertz CT molecular complexity index is 1110. The summed E-state index contributed by atoms with van der Waals surface area (Å²) in [5.74, 6) is 1.13. The van der Waals surface area contributed by atoms with Gasteiger partial charge in [-0.1, -0.05) is 61.5 Å². The molecule has 0 radical (unpaired) electrons. The second-order valence-electron chi connectivity index (χ2n) is 8.94. The van der Waals surface area contributed by atoms with Crippen LogP contribution >= 0.6 is 8.60 Å². The minimum absolute atomic E-state index is 0.266. The summed E-state index contributed by atoms with van der Waals surface area (Å²) in [4.78, 5) is 20.6.